The van der Waals surface area contributed by atoms with E-state index < -0.39 is 10.0 Å². The van der Waals surface area contributed by atoms with Crippen molar-refractivity contribution in [2.75, 3.05) is 61.9 Å². The zero-order valence-electron chi connectivity index (χ0n) is 18.8. The minimum Gasteiger partial charge on any atom is -0.476 e. The van der Waals surface area contributed by atoms with Crippen molar-refractivity contribution in [3.63, 3.8) is 0 Å². The van der Waals surface area contributed by atoms with Gasteiger partial charge < -0.3 is 19.1 Å². The van der Waals surface area contributed by atoms with Gasteiger partial charge in [0.15, 0.2) is 0 Å². The second-order valence-electron chi connectivity index (χ2n) is 8.69. The molecule has 2 aliphatic heterocycles. The molecule has 176 valence electrons. The Bertz CT molecular complexity index is 980. The Balaban J connectivity index is 1.21. The molecular formula is C20H31N7O4S. The minimum atomic E-state index is -3.14. The third kappa shape index (κ3) is 5.47. The van der Waals surface area contributed by atoms with Gasteiger partial charge in [-0.1, -0.05) is 13.8 Å². The standard InChI is InChI=1S/C20H31N7O4S/c1-15(2)19-23-20(24-31-19)26-6-4-16(5-7-26)14-30-18-13-21-17(12-22-18)25-8-10-27(11-9-25)32(3,28)29/h12-13,15-16H,4-11,14H2,1-3H3. The summed E-state index contributed by atoms with van der Waals surface area (Å²) in [6.07, 6.45) is 6.55. The average Bonchev–Trinajstić information content (AvgIpc) is 3.29. The summed E-state index contributed by atoms with van der Waals surface area (Å²) in [5, 5.41) is 4.10. The summed E-state index contributed by atoms with van der Waals surface area (Å²) in [5.41, 5.74) is 0. The topological polar surface area (TPSA) is 118 Å². The molecule has 4 rings (SSSR count). The van der Waals surface area contributed by atoms with Crippen LogP contribution in [-0.4, -0.2) is 85.0 Å². The molecule has 2 fully saturated rings. The number of ether oxygens (including phenoxy) is 1. The van der Waals surface area contributed by atoms with E-state index in [4.69, 9.17) is 9.26 Å². The van der Waals surface area contributed by atoms with E-state index in [-0.39, 0.29) is 5.92 Å². The molecule has 2 saturated heterocycles. The molecule has 0 aliphatic carbocycles. The molecule has 0 aromatic carbocycles. The van der Waals surface area contributed by atoms with E-state index in [1.165, 1.54) is 10.6 Å². The molecule has 32 heavy (non-hydrogen) atoms. The smallest absolute Gasteiger partial charge is 0.266 e. The van der Waals surface area contributed by atoms with Gasteiger partial charge >= 0.3 is 0 Å². The summed E-state index contributed by atoms with van der Waals surface area (Å²) in [5.74, 6) is 3.25. The van der Waals surface area contributed by atoms with Crippen molar-refractivity contribution in [3.05, 3.63) is 18.3 Å². The van der Waals surface area contributed by atoms with Crippen molar-refractivity contribution in [1.29, 1.82) is 0 Å². The number of piperazine rings is 1. The lowest BCUT2D eigenvalue weighted by Crippen LogP contribution is -2.48. The summed E-state index contributed by atoms with van der Waals surface area (Å²) >= 11 is 0. The number of hydrogen-bond acceptors (Lipinski definition) is 10. The zero-order chi connectivity index (χ0) is 22.7. The van der Waals surface area contributed by atoms with Crippen LogP contribution < -0.4 is 14.5 Å². The third-order valence-electron chi connectivity index (χ3n) is 5.94. The van der Waals surface area contributed by atoms with E-state index in [0.717, 1.165) is 31.7 Å². The maximum Gasteiger partial charge on any atom is 0.266 e. The van der Waals surface area contributed by atoms with Gasteiger partial charge in [0, 0.05) is 45.2 Å². The van der Waals surface area contributed by atoms with Gasteiger partial charge in [-0.2, -0.15) is 9.29 Å². The van der Waals surface area contributed by atoms with Crippen molar-refractivity contribution in [2.45, 2.75) is 32.6 Å². The molecule has 2 aromatic rings. The van der Waals surface area contributed by atoms with Crippen molar-refractivity contribution in [3.8, 4) is 5.88 Å². The first kappa shape index (κ1) is 22.7. The lowest BCUT2D eigenvalue weighted by molar-refractivity contribution is 0.214. The van der Waals surface area contributed by atoms with Crippen LogP contribution in [0, 0.1) is 5.92 Å². The van der Waals surface area contributed by atoms with E-state index in [1.807, 2.05) is 18.7 Å². The molecule has 0 amide bonds. The maximum absolute atomic E-state index is 11.6. The zero-order valence-corrected chi connectivity index (χ0v) is 19.7. The Hall–Kier alpha value is -2.47. The summed E-state index contributed by atoms with van der Waals surface area (Å²) in [6.45, 7) is 8.52. The maximum atomic E-state index is 11.6. The number of piperidine rings is 1. The van der Waals surface area contributed by atoms with Crippen LogP contribution in [0.5, 0.6) is 5.88 Å². The first-order chi connectivity index (χ1) is 15.3. The Morgan fingerprint density at radius 2 is 1.78 bits per heavy atom. The Kier molecular flexibility index (Phi) is 6.79. The highest BCUT2D eigenvalue weighted by atomic mass is 32.2. The second-order valence-corrected chi connectivity index (χ2v) is 10.7. The largest absolute Gasteiger partial charge is 0.476 e. The van der Waals surface area contributed by atoms with Crippen molar-refractivity contribution in [1.82, 2.24) is 24.4 Å². The van der Waals surface area contributed by atoms with E-state index in [2.05, 4.69) is 25.0 Å². The van der Waals surface area contributed by atoms with Crippen LogP contribution in [0.25, 0.3) is 0 Å². The molecule has 2 aliphatic rings. The van der Waals surface area contributed by atoms with Crippen LogP contribution in [0.1, 0.15) is 38.5 Å². The summed E-state index contributed by atoms with van der Waals surface area (Å²) in [7, 11) is -3.14. The van der Waals surface area contributed by atoms with Crippen LogP contribution in [0.15, 0.2) is 16.9 Å². The number of rotatable bonds is 7. The van der Waals surface area contributed by atoms with Crippen LogP contribution in [0.3, 0.4) is 0 Å². The van der Waals surface area contributed by atoms with E-state index in [1.54, 1.807) is 12.4 Å². The van der Waals surface area contributed by atoms with E-state index in [9.17, 15) is 8.42 Å². The minimum absolute atomic E-state index is 0.229. The molecule has 0 saturated carbocycles. The molecular weight excluding hydrogens is 434 g/mol. The Morgan fingerprint density at radius 3 is 2.34 bits per heavy atom. The Labute approximate surface area is 188 Å². The monoisotopic (exact) mass is 465 g/mol. The molecule has 0 bridgehead atoms. The molecule has 0 radical (unpaired) electrons. The highest BCUT2D eigenvalue weighted by Gasteiger charge is 2.25. The second kappa shape index (κ2) is 9.57. The van der Waals surface area contributed by atoms with Crippen molar-refractivity contribution in [2.24, 2.45) is 5.92 Å². The molecule has 0 spiro atoms. The number of nitrogens with zero attached hydrogens (tertiary/aromatic N) is 7. The fourth-order valence-corrected chi connectivity index (χ4v) is 4.72. The molecule has 0 atom stereocenters. The van der Waals surface area contributed by atoms with E-state index in [0.29, 0.717) is 56.4 Å². The van der Waals surface area contributed by atoms with Crippen molar-refractivity contribution < 1.29 is 17.7 Å². The van der Waals surface area contributed by atoms with Gasteiger partial charge in [0.05, 0.1) is 25.3 Å². The van der Waals surface area contributed by atoms with Crippen LogP contribution in [0.2, 0.25) is 0 Å². The molecule has 12 heteroatoms. The Morgan fingerprint density at radius 1 is 1.06 bits per heavy atom. The van der Waals surface area contributed by atoms with Gasteiger partial charge in [0.25, 0.3) is 5.95 Å². The summed E-state index contributed by atoms with van der Waals surface area (Å²) in [4.78, 5) is 17.5. The highest BCUT2D eigenvalue weighted by Crippen LogP contribution is 2.24. The van der Waals surface area contributed by atoms with E-state index >= 15 is 0 Å². The highest BCUT2D eigenvalue weighted by molar-refractivity contribution is 7.88. The lowest BCUT2D eigenvalue weighted by atomic mass is 9.98. The van der Waals surface area contributed by atoms with Crippen LogP contribution in [0.4, 0.5) is 11.8 Å². The van der Waals surface area contributed by atoms with Crippen LogP contribution in [-0.2, 0) is 10.0 Å². The predicted octanol–water partition coefficient (Wildman–Crippen LogP) is 1.36. The van der Waals surface area contributed by atoms with Gasteiger partial charge in [-0.05, 0) is 23.9 Å². The van der Waals surface area contributed by atoms with Gasteiger partial charge in [-0.25, -0.2) is 18.4 Å². The first-order valence-corrected chi connectivity index (χ1v) is 12.9. The summed E-state index contributed by atoms with van der Waals surface area (Å²) in [6, 6.07) is 0. The normalized spacial score (nSPS) is 19.0. The van der Waals surface area contributed by atoms with Gasteiger partial charge in [-0.3, -0.25) is 0 Å². The first-order valence-electron chi connectivity index (χ1n) is 11.0. The third-order valence-corrected chi connectivity index (χ3v) is 7.24. The summed E-state index contributed by atoms with van der Waals surface area (Å²) < 4.78 is 36.0. The van der Waals surface area contributed by atoms with Gasteiger partial charge in [0.2, 0.25) is 21.8 Å². The fourth-order valence-electron chi connectivity index (χ4n) is 3.89. The molecule has 2 aromatic heterocycles. The lowest BCUT2D eigenvalue weighted by Gasteiger charge is -2.33. The number of anilines is 2. The average molecular weight is 466 g/mol. The number of sulfonamides is 1. The van der Waals surface area contributed by atoms with Gasteiger partial charge in [0.1, 0.15) is 5.82 Å². The van der Waals surface area contributed by atoms with Crippen LogP contribution >= 0.6 is 0 Å². The number of hydrogen-bond donors (Lipinski definition) is 0. The molecule has 0 N–H and O–H groups in total. The molecule has 11 nitrogen and oxygen atoms in total. The fraction of sp³-hybridized carbons (Fsp3) is 0.700. The quantitative estimate of drug-likeness (QED) is 0.593. The predicted molar refractivity (Wildman–Crippen MR) is 119 cm³/mol. The van der Waals surface area contributed by atoms with Gasteiger partial charge in [-0.15, -0.1) is 0 Å². The molecule has 4 heterocycles. The SMILES string of the molecule is CC(C)c1nc(N2CCC(COc3cnc(N4CCN(S(C)(=O)=O)CC4)cn3)CC2)no1. The van der Waals surface area contributed by atoms with Crippen molar-refractivity contribution >= 4 is 21.8 Å². The number of aromatic nitrogens is 4. The molecule has 0 unspecified atom stereocenters.